The van der Waals surface area contributed by atoms with E-state index in [1.807, 2.05) is 7.05 Å². The number of guanidine groups is 1. The molecule has 25 heavy (non-hydrogen) atoms. The first kappa shape index (κ1) is 19.7. The van der Waals surface area contributed by atoms with Crippen LogP contribution in [0.25, 0.3) is 0 Å². The molecule has 2 N–H and O–H groups in total. The fraction of sp³-hybridized carbons (Fsp3) is 0.650. The van der Waals surface area contributed by atoms with Crippen LogP contribution in [0.2, 0.25) is 0 Å². The van der Waals surface area contributed by atoms with Crippen molar-refractivity contribution in [1.29, 1.82) is 0 Å². The number of hydrogen-bond donors (Lipinski definition) is 2. The van der Waals surface area contributed by atoms with E-state index in [0.29, 0.717) is 5.92 Å². The quantitative estimate of drug-likeness (QED) is 0.409. The van der Waals surface area contributed by atoms with Gasteiger partial charge in [0.2, 0.25) is 0 Å². The highest BCUT2D eigenvalue weighted by atomic mass is 16.5. The van der Waals surface area contributed by atoms with Crippen molar-refractivity contribution in [2.45, 2.75) is 33.2 Å². The zero-order valence-corrected chi connectivity index (χ0v) is 16.1. The van der Waals surface area contributed by atoms with Crippen LogP contribution in [0.4, 0.5) is 0 Å². The van der Waals surface area contributed by atoms with Crippen LogP contribution < -0.4 is 10.6 Å². The molecule has 140 valence electrons. The number of nitrogens with one attached hydrogen (secondary N) is 2. The summed E-state index contributed by atoms with van der Waals surface area (Å²) in [6.45, 7) is 10.9. The fourth-order valence-corrected chi connectivity index (χ4v) is 2.96. The molecule has 0 aromatic heterocycles. The Morgan fingerprint density at radius 1 is 1.16 bits per heavy atom. The standard InChI is InChI=1S/C20H34N4O/c1-17(2)9-14-25-15-11-23-20(21-3)22-10-13-24-12-8-18-6-4-5-7-19(18)16-24/h4-7,17H,8-16H2,1-3H3,(H2,21,22,23). The predicted molar refractivity (Wildman–Crippen MR) is 105 cm³/mol. The maximum atomic E-state index is 5.62. The molecule has 0 fully saturated rings. The Morgan fingerprint density at radius 3 is 2.68 bits per heavy atom. The van der Waals surface area contributed by atoms with Gasteiger partial charge in [0.15, 0.2) is 5.96 Å². The number of hydrogen-bond acceptors (Lipinski definition) is 3. The number of rotatable bonds is 9. The third-order valence-electron chi connectivity index (χ3n) is 4.53. The van der Waals surface area contributed by atoms with E-state index in [4.69, 9.17) is 4.74 Å². The Kier molecular flexibility index (Phi) is 8.77. The van der Waals surface area contributed by atoms with Gasteiger partial charge in [-0.15, -0.1) is 0 Å². The minimum atomic E-state index is 0.698. The predicted octanol–water partition coefficient (Wildman–Crippen LogP) is 2.27. The molecule has 5 nitrogen and oxygen atoms in total. The summed E-state index contributed by atoms with van der Waals surface area (Å²) in [7, 11) is 1.81. The average Bonchev–Trinajstić information content (AvgIpc) is 2.62. The van der Waals surface area contributed by atoms with E-state index in [-0.39, 0.29) is 0 Å². The molecule has 0 aliphatic carbocycles. The van der Waals surface area contributed by atoms with Crippen molar-refractivity contribution >= 4 is 5.96 Å². The second-order valence-electron chi connectivity index (χ2n) is 7.02. The van der Waals surface area contributed by atoms with Crippen molar-refractivity contribution in [3.63, 3.8) is 0 Å². The van der Waals surface area contributed by atoms with Crippen molar-refractivity contribution < 1.29 is 4.74 Å². The number of nitrogens with zero attached hydrogens (tertiary/aromatic N) is 2. The molecule has 0 unspecified atom stereocenters. The second-order valence-corrected chi connectivity index (χ2v) is 7.02. The summed E-state index contributed by atoms with van der Waals surface area (Å²) in [5, 5.41) is 6.70. The van der Waals surface area contributed by atoms with Crippen LogP contribution in [-0.2, 0) is 17.7 Å². The van der Waals surface area contributed by atoms with E-state index in [9.17, 15) is 0 Å². The smallest absolute Gasteiger partial charge is 0.191 e. The zero-order chi connectivity index (χ0) is 17.9. The molecule has 2 rings (SSSR count). The van der Waals surface area contributed by atoms with Crippen LogP contribution in [-0.4, -0.2) is 57.3 Å². The SMILES string of the molecule is CN=C(NCCOCCC(C)C)NCCN1CCc2ccccc2C1. The fourth-order valence-electron chi connectivity index (χ4n) is 2.96. The van der Waals surface area contributed by atoms with Crippen LogP contribution in [0.1, 0.15) is 31.4 Å². The van der Waals surface area contributed by atoms with Gasteiger partial charge < -0.3 is 15.4 Å². The molecule has 0 saturated carbocycles. The molecule has 0 atom stereocenters. The summed E-state index contributed by atoms with van der Waals surface area (Å²) in [5.74, 6) is 1.55. The van der Waals surface area contributed by atoms with E-state index < -0.39 is 0 Å². The highest BCUT2D eigenvalue weighted by Gasteiger charge is 2.14. The average molecular weight is 347 g/mol. The molecule has 5 heteroatoms. The van der Waals surface area contributed by atoms with Crippen LogP contribution in [0.3, 0.4) is 0 Å². The molecule has 1 heterocycles. The Balaban J connectivity index is 1.57. The molecule has 1 aliphatic heterocycles. The molecule has 0 saturated heterocycles. The van der Waals surface area contributed by atoms with Crippen LogP contribution in [0, 0.1) is 5.92 Å². The van der Waals surface area contributed by atoms with Gasteiger partial charge in [-0.25, -0.2) is 0 Å². The number of fused-ring (bicyclic) bond motifs is 1. The van der Waals surface area contributed by atoms with Crippen molar-refractivity contribution in [1.82, 2.24) is 15.5 Å². The van der Waals surface area contributed by atoms with Gasteiger partial charge in [-0.3, -0.25) is 9.89 Å². The first-order valence-electron chi connectivity index (χ1n) is 9.50. The van der Waals surface area contributed by atoms with Gasteiger partial charge in [0, 0.05) is 46.4 Å². The maximum absolute atomic E-state index is 5.62. The minimum absolute atomic E-state index is 0.698. The lowest BCUT2D eigenvalue weighted by atomic mass is 10.00. The maximum Gasteiger partial charge on any atom is 0.191 e. The largest absolute Gasteiger partial charge is 0.380 e. The molecule has 0 bridgehead atoms. The van der Waals surface area contributed by atoms with Crippen molar-refractivity contribution in [2.24, 2.45) is 10.9 Å². The zero-order valence-electron chi connectivity index (χ0n) is 16.1. The molecular weight excluding hydrogens is 312 g/mol. The first-order valence-corrected chi connectivity index (χ1v) is 9.50. The van der Waals surface area contributed by atoms with E-state index in [2.05, 4.69) is 58.6 Å². The molecule has 0 radical (unpaired) electrons. The summed E-state index contributed by atoms with van der Waals surface area (Å²) in [4.78, 5) is 6.77. The highest BCUT2D eigenvalue weighted by Crippen LogP contribution is 2.17. The van der Waals surface area contributed by atoms with Gasteiger partial charge >= 0.3 is 0 Å². The van der Waals surface area contributed by atoms with Crippen molar-refractivity contribution in [3.8, 4) is 0 Å². The summed E-state index contributed by atoms with van der Waals surface area (Å²) in [6.07, 6.45) is 2.27. The molecule has 1 aromatic carbocycles. The number of aliphatic imine (C=N–C) groups is 1. The monoisotopic (exact) mass is 346 g/mol. The van der Waals surface area contributed by atoms with Gasteiger partial charge in [-0.2, -0.15) is 0 Å². The normalized spacial score (nSPS) is 15.3. The van der Waals surface area contributed by atoms with E-state index in [0.717, 1.165) is 64.7 Å². The van der Waals surface area contributed by atoms with Gasteiger partial charge in [0.1, 0.15) is 0 Å². The van der Waals surface area contributed by atoms with Crippen LogP contribution in [0.5, 0.6) is 0 Å². The Labute approximate surface area is 152 Å². The molecule has 1 aliphatic rings. The van der Waals surface area contributed by atoms with E-state index in [1.54, 1.807) is 0 Å². The summed E-state index contributed by atoms with van der Waals surface area (Å²) in [6, 6.07) is 8.77. The minimum Gasteiger partial charge on any atom is -0.380 e. The van der Waals surface area contributed by atoms with Crippen molar-refractivity contribution in [2.75, 3.05) is 46.4 Å². The van der Waals surface area contributed by atoms with Gasteiger partial charge in [0.25, 0.3) is 0 Å². The Bertz CT molecular complexity index is 530. The lowest BCUT2D eigenvalue weighted by Gasteiger charge is -2.28. The molecular formula is C20H34N4O. The third-order valence-corrected chi connectivity index (χ3v) is 4.53. The third kappa shape index (κ3) is 7.45. The molecule has 1 aromatic rings. The lowest BCUT2D eigenvalue weighted by Crippen LogP contribution is -2.43. The topological polar surface area (TPSA) is 48.9 Å². The Hall–Kier alpha value is -1.59. The van der Waals surface area contributed by atoms with E-state index in [1.165, 1.54) is 11.1 Å². The lowest BCUT2D eigenvalue weighted by molar-refractivity contribution is 0.128. The number of ether oxygens (including phenoxy) is 1. The number of benzene rings is 1. The van der Waals surface area contributed by atoms with Gasteiger partial charge in [-0.05, 0) is 29.9 Å². The van der Waals surface area contributed by atoms with E-state index >= 15 is 0 Å². The van der Waals surface area contributed by atoms with Crippen LogP contribution >= 0.6 is 0 Å². The Morgan fingerprint density at radius 2 is 1.92 bits per heavy atom. The van der Waals surface area contributed by atoms with Crippen LogP contribution in [0.15, 0.2) is 29.3 Å². The summed E-state index contributed by atoms with van der Waals surface area (Å²) >= 11 is 0. The summed E-state index contributed by atoms with van der Waals surface area (Å²) < 4.78 is 5.62. The first-order chi connectivity index (χ1) is 12.2. The van der Waals surface area contributed by atoms with Gasteiger partial charge in [0.05, 0.1) is 6.61 Å². The highest BCUT2D eigenvalue weighted by molar-refractivity contribution is 5.79. The molecule has 0 amide bonds. The van der Waals surface area contributed by atoms with Gasteiger partial charge in [-0.1, -0.05) is 38.1 Å². The molecule has 0 spiro atoms. The van der Waals surface area contributed by atoms with Crippen molar-refractivity contribution in [3.05, 3.63) is 35.4 Å². The summed E-state index contributed by atoms with van der Waals surface area (Å²) in [5.41, 5.74) is 2.97. The second kappa shape index (κ2) is 11.1.